The molecule has 3 rings (SSSR count). The van der Waals surface area contributed by atoms with Crippen LogP contribution in [0.15, 0.2) is 29.3 Å². The van der Waals surface area contributed by atoms with E-state index >= 15 is 0 Å². The van der Waals surface area contributed by atoms with Crippen LogP contribution in [0.25, 0.3) is 0 Å². The van der Waals surface area contributed by atoms with Crippen molar-refractivity contribution in [3.05, 3.63) is 29.8 Å². The molecule has 0 bridgehead atoms. The summed E-state index contributed by atoms with van der Waals surface area (Å²) in [7, 11) is 0. The van der Waals surface area contributed by atoms with Gasteiger partial charge >= 0.3 is 6.36 Å². The molecule has 1 saturated carbocycles. The molecule has 5 nitrogen and oxygen atoms in total. The zero-order valence-corrected chi connectivity index (χ0v) is 10.8. The molecule has 1 aromatic rings. The molecule has 0 spiro atoms. The molecule has 1 atom stereocenters. The summed E-state index contributed by atoms with van der Waals surface area (Å²) in [5.41, 5.74) is 0.0833. The van der Waals surface area contributed by atoms with E-state index in [0.717, 1.165) is 18.9 Å². The smallest absolute Gasteiger partial charge is 0.405 e. The van der Waals surface area contributed by atoms with Gasteiger partial charge in [0, 0.05) is 11.6 Å². The van der Waals surface area contributed by atoms with E-state index in [-0.39, 0.29) is 11.6 Å². The number of hydrogen-bond acceptors (Lipinski definition) is 4. The second kappa shape index (κ2) is 4.94. The van der Waals surface area contributed by atoms with E-state index in [1.54, 1.807) is 0 Å². The number of aliphatic imine (C=N–C) groups is 1. The second-order valence-corrected chi connectivity index (χ2v) is 4.87. The van der Waals surface area contributed by atoms with Gasteiger partial charge in [-0.15, -0.1) is 13.2 Å². The van der Waals surface area contributed by atoms with E-state index < -0.39 is 24.1 Å². The molecule has 21 heavy (non-hydrogen) atoms. The molecule has 1 aliphatic heterocycles. The number of para-hydroxylation sites is 1. The van der Waals surface area contributed by atoms with Crippen LogP contribution in [0, 0.1) is 0 Å². The highest BCUT2D eigenvalue weighted by atomic mass is 19.4. The van der Waals surface area contributed by atoms with Crippen molar-refractivity contribution in [1.82, 2.24) is 10.6 Å². The van der Waals surface area contributed by atoms with E-state index in [1.807, 2.05) is 0 Å². The van der Waals surface area contributed by atoms with Gasteiger partial charge in [-0.1, -0.05) is 18.2 Å². The van der Waals surface area contributed by atoms with Crippen LogP contribution < -0.4 is 15.4 Å². The van der Waals surface area contributed by atoms with Gasteiger partial charge < -0.3 is 10.1 Å². The van der Waals surface area contributed by atoms with Crippen molar-refractivity contribution < 1.29 is 22.7 Å². The summed E-state index contributed by atoms with van der Waals surface area (Å²) in [5.74, 6) is -0.591. The Hall–Kier alpha value is -2.25. The molecule has 2 N–H and O–H groups in total. The molecule has 0 saturated heterocycles. The molecule has 112 valence electrons. The summed E-state index contributed by atoms with van der Waals surface area (Å²) in [6.07, 6.45) is -2.83. The number of benzene rings is 1. The van der Waals surface area contributed by atoms with Gasteiger partial charge in [0.1, 0.15) is 5.75 Å². The first-order chi connectivity index (χ1) is 9.92. The number of nitrogens with zero attached hydrogens (tertiary/aromatic N) is 1. The number of halogens is 3. The van der Waals surface area contributed by atoms with Crippen molar-refractivity contribution in [1.29, 1.82) is 0 Å². The number of rotatable bonds is 3. The second-order valence-electron chi connectivity index (χ2n) is 4.87. The predicted molar refractivity (Wildman–Crippen MR) is 67.6 cm³/mol. The molecule has 1 unspecified atom stereocenters. The number of ether oxygens (including phenoxy) is 1. The normalized spacial score (nSPS) is 21.8. The van der Waals surface area contributed by atoms with Gasteiger partial charge in [-0.2, -0.15) is 0 Å². The van der Waals surface area contributed by atoms with Crippen LogP contribution in [0.2, 0.25) is 0 Å². The highest BCUT2D eigenvalue weighted by Crippen LogP contribution is 2.33. The fraction of sp³-hybridized carbons (Fsp3) is 0.385. The standard InChI is InChI=1S/C13H12F3N3O2/c14-13(15,16)21-9-4-2-1-3-8(9)10-11(20)19-12(18-10)17-7-5-6-7/h1-4,7,10H,5-6H2,(H2,17,18,19,20). The van der Waals surface area contributed by atoms with Crippen molar-refractivity contribution in [3.8, 4) is 5.75 Å². The minimum Gasteiger partial charge on any atom is -0.405 e. The Morgan fingerprint density at radius 3 is 2.67 bits per heavy atom. The Balaban J connectivity index is 1.85. The Morgan fingerprint density at radius 2 is 2.00 bits per heavy atom. The average molecular weight is 299 g/mol. The number of hydrogen-bond donors (Lipinski definition) is 2. The third-order valence-corrected chi connectivity index (χ3v) is 3.11. The summed E-state index contributed by atoms with van der Waals surface area (Å²) >= 11 is 0. The van der Waals surface area contributed by atoms with Gasteiger partial charge in [0.25, 0.3) is 5.91 Å². The van der Waals surface area contributed by atoms with Gasteiger partial charge in [-0.05, 0) is 18.9 Å². The van der Waals surface area contributed by atoms with Crippen molar-refractivity contribution in [2.45, 2.75) is 31.3 Å². The van der Waals surface area contributed by atoms with E-state index in [2.05, 4.69) is 20.4 Å². The van der Waals surface area contributed by atoms with Crippen molar-refractivity contribution in [3.63, 3.8) is 0 Å². The number of carbonyl (C=O) groups excluding carboxylic acids is 1. The first-order valence-electron chi connectivity index (χ1n) is 6.42. The van der Waals surface area contributed by atoms with Gasteiger partial charge in [0.05, 0.1) is 0 Å². The molecule has 2 aliphatic rings. The first-order valence-corrected chi connectivity index (χ1v) is 6.42. The molecular weight excluding hydrogens is 287 g/mol. The van der Waals surface area contributed by atoms with Gasteiger partial charge in [0.15, 0.2) is 12.0 Å². The van der Waals surface area contributed by atoms with Crippen molar-refractivity contribution in [2.75, 3.05) is 0 Å². The van der Waals surface area contributed by atoms with Gasteiger partial charge in [-0.25, -0.2) is 4.99 Å². The first kappa shape index (κ1) is 13.7. The fourth-order valence-corrected chi connectivity index (χ4v) is 2.03. The topological polar surface area (TPSA) is 62.7 Å². The molecule has 1 amide bonds. The molecule has 0 aromatic heterocycles. The molecular formula is C13H12F3N3O2. The maximum Gasteiger partial charge on any atom is 0.573 e. The molecule has 1 fully saturated rings. The van der Waals surface area contributed by atoms with Crippen LogP contribution in [-0.4, -0.2) is 24.3 Å². The molecule has 1 heterocycles. The highest BCUT2D eigenvalue weighted by Gasteiger charge is 2.36. The monoisotopic (exact) mass is 299 g/mol. The largest absolute Gasteiger partial charge is 0.573 e. The lowest BCUT2D eigenvalue weighted by molar-refractivity contribution is -0.275. The predicted octanol–water partition coefficient (Wildman–Crippen LogP) is 1.86. The zero-order chi connectivity index (χ0) is 15.0. The summed E-state index contributed by atoms with van der Waals surface area (Å²) in [4.78, 5) is 16.0. The minimum atomic E-state index is -4.82. The van der Waals surface area contributed by atoms with E-state index in [1.165, 1.54) is 18.2 Å². The zero-order valence-electron chi connectivity index (χ0n) is 10.8. The Labute approximate surface area is 118 Å². The Morgan fingerprint density at radius 1 is 1.29 bits per heavy atom. The molecule has 1 aromatic carbocycles. The van der Waals surface area contributed by atoms with Crippen LogP contribution in [0.4, 0.5) is 13.2 Å². The maximum absolute atomic E-state index is 12.4. The van der Waals surface area contributed by atoms with Crippen LogP contribution in [0.5, 0.6) is 5.75 Å². The summed E-state index contributed by atoms with van der Waals surface area (Å²) in [6.45, 7) is 0. The highest BCUT2D eigenvalue weighted by molar-refractivity contribution is 6.05. The quantitative estimate of drug-likeness (QED) is 0.895. The summed E-state index contributed by atoms with van der Waals surface area (Å²) < 4.78 is 41.1. The lowest BCUT2D eigenvalue weighted by Gasteiger charge is -2.14. The molecule has 1 aliphatic carbocycles. The van der Waals surface area contributed by atoms with Crippen LogP contribution in [-0.2, 0) is 4.79 Å². The SMILES string of the molecule is O=C1NC(NC2CC2)=NC1c1ccccc1OC(F)(F)F. The van der Waals surface area contributed by atoms with Crippen LogP contribution in [0.3, 0.4) is 0 Å². The number of amides is 1. The van der Waals surface area contributed by atoms with E-state index in [9.17, 15) is 18.0 Å². The minimum absolute atomic E-state index is 0.0833. The van der Waals surface area contributed by atoms with Crippen LogP contribution >= 0.6 is 0 Å². The number of nitrogens with one attached hydrogen (secondary N) is 2. The van der Waals surface area contributed by atoms with Crippen molar-refractivity contribution >= 4 is 11.9 Å². The number of carbonyl (C=O) groups is 1. The average Bonchev–Trinajstić information content (AvgIpc) is 3.11. The molecule has 8 heteroatoms. The lowest BCUT2D eigenvalue weighted by atomic mass is 10.1. The van der Waals surface area contributed by atoms with E-state index in [4.69, 9.17) is 0 Å². The maximum atomic E-state index is 12.4. The lowest BCUT2D eigenvalue weighted by Crippen LogP contribution is -2.37. The third-order valence-electron chi connectivity index (χ3n) is 3.11. The summed E-state index contributed by atoms with van der Waals surface area (Å²) in [6, 6.07) is 4.75. The van der Waals surface area contributed by atoms with Gasteiger partial charge in [-0.3, -0.25) is 10.1 Å². The number of guanidine groups is 1. The summed E-state index contributed by atoms with van der Waals surface area (Å²) in [5, 5.41) is 5.53. The fourth-order valence-electron chi connectivity index (χ4n) is 2.03. The number of alkyl halides is 3. The Bertz CT molecular complexity index is 597. The van der Waals surface area contributed by atoms with Crippen LogP contribution in [0.1, 0.15) is 24.4 Å². The molecule has 0 radical (unpaired) electrons. The van der Waals surface area contributed by atoms with Gasteiger partial charge in [0.2, 0.25) is 0 Å². The third kappa shape index (κ3) is 3.26. The Kier molecular flexibility index (Phi) is 3.23. The van der Waals surface area contributed by atoms with E-state index in [0.29, 0.717) is 5.96 Å². The van der Waals surface area contributed by atoms with Crippen molar-refractivity contribution in [2.24, 2.45) is 4.99 Å².